The molecule has 0 aromatic heterocycles. The highest BCUT2D eigenvalue weighted by Gasteiger charge is 2.23. The summed E-state index contributed by atoms with van der Waals surface area (Å²) < 4.78 is 0. The summed E-state index contributed by atoms with van der Waals surface area (Å²) in [5.74, 6) is 0. The number of hydrogen-bond acceptors (Lipinski definition) is 4. The first kappa shape index (κ1) is 13.8. The average molecular weight is 205 g/mol. The zero-order chi connectivity index (χ0) is 11.0. The van der Waals surface area contributed by atoms with Crippen molar-refractivity contribution in [1.82, 2.24) is 0 Å². The van der Waals surface area contributed by atoms with E-state index in [-0.39, 0.29) is 12.1 Å². The van der Waals surface area contributed by atoms with Gasteiger partial charge in [-0.2, -0.15) is 0 Å². The van der Waals surface area contributed by atoms with Crippen molar-refractivity contribution < 1.29 is 15.3 Å². The van der Waals surface area contributed by atoms with Crippen LogP contribution in [0.15, 0.2) is 0 Å². The van der Waals surface area contributed by atoms with Crippen LogP contribution in [0, 0.1) is 0 Å². The first-order valence-electron chi connectivity index (χ1n) is 5.30. The second kappa shape index (κ2) is 7.17. The van der Waals surface area contributed by atoms with Crippen molar-refractivity contribution >= 4 is 0 Å². The predicted octanol–water partition coefficient (Wildman–Crippen LogP) is 0.347. The lowest BCUT2D eigenvalue weighted by Crippen LogP contribution is -2.40. The van der Waals surface area contributed by atoms with E-state index in [1.165, 1.54) is 0 Å². The van der Waals surface area contributed by atoms with E-state index in [4.69, 9.17) is 21.1 Å². The van der Waals surface area contributed by atoms with Gasteiger partial charge in [0, 0.05) is 12.1 Å². The van der Waals surface area contributed by atoms with E-state index in [2.05, 4.69) is 6.92 Å². The molecule has 0 radical (unpaired) electrons. The van der Waals surface area contributed by atoms with Crippen LogP contribution in [-0.2, 0) is 0 Å². The highest BCUT2D eigenvalue weighted by Crippen LogP contribution is 2.22. The summed E-state index contributed by atoms with van der Waals surface area (Å²) in [7, 11) is 0. The molecule has 0 aliphatic carbocycles. The summed E-state index contributed by atoms with van der Waals surface area (Å²) in [6, 6.07) is 0. The van der Waals surface area contributed by atoms with Crippen LogP contribution in [0.25, 0.3) is 0 Å². The Morgan fingerprint density at radius 2 is 1.86 bits per heavy atom. The molecular weight excluding hydrogens is 182 g/mol. The number of nitrogens with two attached hydrogens (primary N) is 1. The standard InChI is InChI=1S/C10H23NO3/c1-2-5-10(11,6-3-8-12)7-4-9(13)14/h9,12-14H,2-8,11H2,1H3. The Balaban J connectivity index is 3.95. The Morgan fingerprint density at radius 3 is 2.29 bits per heavy atom. The summed E-state index contributed by atoms with van der Waals surface area (Å²) in [5, 5.41) is 26.2. The van der Waals surface area contributed by atoms with Crippen LogP contribution < -0.4 is 5.73 Å². The minimum atomic E-state index is -1.27. The molecule has 0 aliphatic rings. The number of hydrogen-bond donors (Lipinski definition) is 4. The molecule has 0 spiro atoms. The van der Waals surface area contributed by atoms with E-state index in [0.29, 0.717) is 19.3 Å². The third kappa shape index (κ3) is 6.32. The average Bonchev–Trinajstić information content (AvgIpc) is 2.13. The van der Waals surface area contributed by atoms with Gasteiger partial charge in [0.1, 0.15) is 0 Å². The Hall–Kier alpha value is -0.160. The van der Waals surface area contributed by atoms with Crippen molar-refractivity contribution in [2.24, 2.45) is 5.73 Å². The zero-order valence-corrected chi connectivity index (χ0v) is 8.95. The zero-order valence-electron chi connectivity index (χ0n) is 8.95. The summed E-state index contributed by atoms with van der Waals surface area (Å²) in [6.07, 6.45) is 2.88. The van der Waals surface area contributed by atoms with Crippen LogP contribution in [0.5, 0.6) is 0 Å². The van der Waals surface area contributed by atoms with Gasteiger partial charge in [-0.15, -0.1) is 0 Å². The lowest BCUT2D eigenvalue weighted by atomic mass is 9.85. The van der Waals surface area contributed by atoms with Crippen molar-refractivity contribution in [3.63, 3.8) is 0 Å². The Kier molecular flexibility index (Phi) is 7.09. The normalized spacial score (nSPS) is 15.9. The van der Waals surface area contributed by atoms with Crippen LogP contribution in [0.1, 0.15) is 45.4 Å². The van der Waals surface area contributed by atoms with E-state index in [1.54, 1.807) is 0 Å². The maximum atomic E-state index is 8.76. The Morgan fingerprint density at radius 1 is 1.21 bits per heavy atom. The molecule has 0 bridgehead atoms. The molecule has 0 saturated carbocycles. The van der Waals surface area contributed by atoms with Crippen molar-refractivity contribution in [3.05, 3.63) is 0 Å². The SMILES string of the molecule is CCCC(N)(CCCO)CCC(O)O. The van der Waals surface area contributed by atoms with Crippen LogP contribution >= 0.6 is 0 Å². The summed E-state index contributed by atoms with van der Waals surface area (Å²) in [6.45, 7) is 2.19. The van der Waals surface area contributed by atoms with Gasteiger partial charge in [-0.3, -0.25) is 0 Å². The largest absolute Gasteiger partial charge is 0.396 e. The van der Waals surface area contributed by atoms with Gasteiger partial charge in [-0.25, -0.2) is 0 Å². The summed E-state index contributed by atoms with van der Waals surface area (Å²) in [4.78, 5) is 0. The van der Waals surface area contributed by atoms with Crippen molar-refractivity contribution in [2.45, 2.75) is 57.3 Å². The number of aliphatic hydroxyl groups excluding tert-OH is 2. The first-order chi connectivity index (χ1) is 6.54. The van der Waals surface area contributed by atoms with Gasteiger partial charge >= 0.3 is 0 Å². The summed E-state index contributed by atoms with van der Waals surface area (Å²) in [5.41, 5.74) is 5.76. The number of rotatable bonds is 8. The third-order valence-corrected chi connectivity index (χ3v) is 2.48. The van der Waals surface area contributed by atoms with Crippen molar-refractivity contribution in [3.8, 4) is 0 Å². The molecule has 4 nitrogen and oxygen atoms in total. The molecule has 5 N–H and O–H groups in total. The minimum Gasteiger partial charge on any atom is -0.396 e. The molecule has 86 valence electrons. The fraction of sp³-hybridized carbons (Fsp3) is 1.00. The lowest BCUT2D eigenvalue weighted by Gasteiger charge is -2.29. The van der Waals surface area contributed by atoms with E-state index in [9.17, 15) is 0 Å². The first-order valence-corrected chi connectivity index (χ1v) is 5.30. The van der Waals surface area contributed by atoms with Gasteiger partial charge in [0.25, 0.3) is 0 Å². The molecule has 0 aromatic carbocycles. The molecule has 0 saturated heterocycles. The lowest BCUT2D eigenvalue weighted by molar-refractivity contribution is -0.0505. The molecule has 0 rings (SSSR count). The van der Waals surface area contributed by atoms with Crippen LogP contribution in [0.3, 0.4) is 0 Å². The molecule has 0 aromatic rings. The molecule has 0 heterocycles. The highest BCUT2D eigenvalue weighted by molar-refractivity contribution is 4.83. The fourth-order valence-corrected chi connectivity index (χ4v) is 1.72. The highest BCUT2D eigenvalue weighted by atomic mass is 16.5. The van der Waals surface area contributed by atoms with Gasteiger partial charge in [0.2, 0.25) is 0 Å². The Labute approximate surface area is 85.7 Å². The van der Waals surface area contributed by atoms with Gasteiger partial charge in [0.05, 0.1) is 0 Å². The van der Waals surface area contributed by atoms with Crippen LogP contribution in [0.2, 0.25) is 0 Å². The van der Waals surface area contributed by atoms with Crippen LogP contribution in [-0.4, -0.2) is 33.8 Å². The van der Waals surface area contributed by atoms with Gasteiger partial charge in [-0.05, 0) is 32.1 Å². The smallest absolute Gasteiger partial charge is 0.151 e. The van der Waals surface area contributed by atoms with E-state index >= 15 is 0 Å². The predicted molar refractivity (Wildman–Crippen MR) is 55.6 cm³/mol. The topological polar surface area (TPSA) is 86.7 Å². The van der Waals surface area contributed by atoms with E-state index in [1.807, 2.05) is 0 Å². The van der Waals surface area contributed by atoms with Crippen molar-refractivity contribution in [1.29, 1.82) is 0 Å². The van der Waals surface area contributed by atoms with E-state index in [0.717, 1.165) is 19.3 Å². The molecule has 0 amide bonds. The van der Waals surface area contributed by atoms with E-state index < -0.39 is 6.29 Å². The second-order valence-electron chi connectivity index (χ2n) is 3.96. The molecular formula is C10H23NO3. The Bertz CT molecular complexity index is 141. The molecule has 1 atom stereocenters. The van der Waals surface area contributed by atoms with Gasteiger partial charge < -0.3 is 21.1 Å². The van der Waals surface area contributed by atoms with Gasteiger partial charge in [-0.1, -0.05) is 13.3 Å². The summed E-state index contributed by atoms with van der Waals surface area (Å²) >= 11 is 0. The quantitative estimate of drug-likeness (QED) is 0.431. The number of aliphatic hydroxyl groups is 3. The molecule has 0 aliphatic heterocycles. The van der Waals surface area contributed by atoms with Crippen molar-refractivity contribution in [2.75, 3.05) is 6.61 Å². The second-order valence-corrected chi connectivity index (χ2v) is 3.96. The van der Waals surface area contributed by atoms with Gasteiger partial charge in [0.15, 0.2) is 6.29 Å². The third-order valence-electron chi connectivity index (χ3n) is 2.48. The minimum absolute atomic E-state index is 0.143. The molecule has 14 heavy (non-hydrogen) atoms. The molecule has 4 heteroatoms. The maximum absolute atomic E-state index is 8.76. The maximum Gasteiger partial charge on any atom is 0.151 e. The fourth-order valence-electron chi connectivity index (χ4n) is 1.72. The molecule has 0 fully saturated rings. The monoisotopic (exact) mass is 205 g/mol. The van der Waals surface area contributed by atoms with Crippen LogP contribution in [0.4, 0.5) is 0 Å². The molecule has 1 unspecified atom stereocenters.